The average Bonchev–Trinajstić information content (AvgIpc) is 3.01. The molecule has 0 heterocycles. The summed E-state index contributed by atoms with van der Waals surface area (Å²) in [5.74, 6) is -0.437. The van der Waals surface area contributed by atoms with Gasteiger partial charge in [0.2, 0.25) is 0 Å². The molecule has 4 rings (SSSR count). The average molecular weight is 442 g/mol. The molecule has 3 aliphatic rings. The number of hydrogen-bond acceptors (Lipinski definition) is 4. The van der Waals surface area contributed by atoms with Gasteiger partial charge in [0.1, 0.15) is 11.0 Å². The molecule has 0 amide bonds. The van der Waals surface area contributed by atoms with Gasteiger partial charge in [-0.25, -0.2) is 0 Å². The topological polar surface area (TPSA) is 97.5 Å². The second kappa shape index (κ2) is 5.63. The lowest BCUT2D eigenvalue weighted by Crippen LogP contribution is -2.55. The Kier molecular flexibility index (Phi) is 4.02. The van der Waals surface area contributed by atoms with Crippen molar-refractivity contribution in [2.45, 2.75) is 56.7 Å². The molecule has 2 unspecified atom stereocenters. The number of carbonyl (C=O) groups excluding carboxylic acids is 1. The Hall–Kier alpha value is -0.760. The SMILES string of the molecule is CC1(C)[C@@H]2CC[C@@]1(C(C1c3ccc(Br)cc3C[C@@H]1N)S(=O)(=O)O)C(=O)C2. The highest BCUT2D eigenvalue weighted by molar-refractivity contribution is 9.10. The van der Waals surface area contributed by atoms with E-state index in [0.29, 0.717) is 19.3 Å². The fourth-order valence-electron chi connectivity index (χ4n) is 6.20. The third-order valence-corrected chi connectivity index (χ3v) is 9.33. The maximum Gasteiger partial charge on any atom is 0.269 e. The van der Waals surface area contributed by atoms with Crippen LogP contribution in [0.2, 0.25) is 0 Å². The van der Waals surface area contributed by atoms with Crippen LogP contribution in [-0.2, 0) is 21.3 Å². The van der Waals surface area contributed by atoms with Gasteiger partial charge in [0.05, 0.1) is 5.41 Å². The first-order chi connectivity index (χ1) is 12.0. The van der Waals surface area contributed by atoms with Crippen molar-refractivity contribution in [3.05, 3.63) is 33.8 Å². The summed E-state index contributed by atoms with van der Waals surface area (Å²) in [6.07, 6.45) is 2.26. The molecule has 26 heavy (non-hydrogen) atoms. The summed E-state index contributed by atoms with van der Waals surface area (Å²) in [6, 6.07) is 5.25. The molecule has 0 aliphatic heterocycles. The van der Waals surface area contributed by atoms with Crippen molar-refractivity contribution in [1.82, 2.24) is 0 Å². The van der Waals surface area contributed by atoms with E-state index in [1.54, 1.807) is 0 Å². The van der Waals surface area contributed by atoms with Crippen LogP contribution in [0.1, 0.15) is 50.2 Å². The maximum absolute atomic E-state index is 13.1. The normalized spacial score (nSPS) is 36.3. The molecule has 1 aromatic rings. The maximum atomic E-state index is 13.1. The van der Waals surface area contributed by atoms with Crippen LogP contribution in [0.15, 0.2) is 22.7 Å². The van der Waals surface area contributed by atoms with E-state index in [-0.39, 0.29) is 11.7 Å². The highest BCUT2D eigenvalue weighted by atomic mass is 79.9. The van der Waals surface area contributed by atoms with Gasteiger partial charge >= 0.3 is 0 Å². The van der Waals surface area contributed by atoms with Crippen molar-refractivity contribution >= 4 is 31.8 Å². The summed E-state index contributed by atoms with van der Waals surface area (Å²) in [7, 11) is -4.48. The molecular weight excluding hydrogens is 418 g/mol. The van der Waals surface area contributed by atoms with Crippen LogP contribution in [0.25, 0.3) is 0 Å². The first-order valence-corrected chi connectivity index (χ1v) is 11.3. The van der Waals surface area contributed by atoms with E-state index in [2.05, 4.69) is 15.9 Å². The Morgan fingerprint density at radius 3 is 2.54 bits per heavy atom. The third-order valence-electron chi connectivity index (χ3n) is 7.50. The van der Waals surface area contributed by atoms with E-state index in [4.69, 9.17) is 5.73 Å². The lowest BCUT2D eigenvalue weighted by molar-refractivity contribution is -0.130. The van der Waals surface area contributed by atoms with Crippen LogP contribution >= 0.6 is 15.9 Å². The molecule has 2 saturated carbocycles. The minimum Gasteiger partial charge on any atom is -0.327 e. The Morgan fingerprint density at radius 2 is 2.00 bits per heavy atom. The lowest BCUT2D eigenvalue weighted by atomic mass is 9.63. The van der Waals surface area contributed by atoms with Gasteiger partial charge in [0, 0.05) is 22.9 Å². The summed E-state index contributed by atoms with van der Waals surface area (Å²) in [5.41, 5.74) is 6.70. The zero-order chi connectivity index (χ0) is 19.1. The van der Waals surface area contributed by atoms with Gasteiger partial charge < -0.3 is 5.73 Å². The summed E-state index contributed by atoms with van der Waals surface area (Å²) < 4.78 is 36.6. The highest BCUT2D eigenvalue weighted by Gasteiger charge is 2.71. The van der Waals surface area contributed by atoms with Gasteiger partial charge in [-0.1, -0.05) is 35.8 Å². The number of halogens is 1. The zero-order valence-corrected chi connectivity index (χ0v) is 17.3. The van der Waals surface area contributed by atoms with Crippen LogP contribution in [0.5, 0.6) is 0 Å². The highest BCUT2D eigenvalue weighted by Crippen LogP contribution is 2.68. The fourth-order valence-corrected chi connectivity index (χ4v) is 8.39. The predicted molar refractivity (Wildman–Crippen MR) is 102 cm³/mol. The van der Waals surface area contributed by atoms with Crippen LogP contribution in [0.4, 0.5) is 0 Å². The van der Waals surface area contributed by atoms with Crippen molar-refractivity contribution < 1.29 is 17.8 Å². The molecular formula is C19H24BrNO4S. The number of carbonyl (C=O) groups is 1. The van der Waals surface area contributed by atoms with Crippen LogP contribution in [-0.4, -0.2) is 30.0 Å². The summed E-state index contributed by atoms with van der Waals surface area (Å²) >= 11 is 3.44. The molecule has 0 spiro atoms. The Labute approximate surface area is 162 Å². The molecule has 0 aromatic heterocycles. The van der Waals surface area contributed by atoms with Gasteiger partial charge in [-0.15, -0.1) is 0 Å². The number of hydrogen-bond donors (Lipinski definition) is 2. The van der Waals surface area contributed by atoms with E-state index in [9.17, 15) is 17.8 Å². The summed E-state index contributed by atoms with van der Waals surface area (Å²) in [5, 5.41) is -1.19. The monoisotopic (exact) mass is 441 g/mol. The van der Waals surface area contributed by atoms with Crippen LogP contribution in [0, 0.1) is 16.7 Å². The molecule has 0 radical (unpaired) electrons. The van der Waals surface area contributed by atoms with Crippen molar-refractivity contribution in [3.8, 4) is 0 Å². The Balaban J connectivity index is 1.93. The first-order valence-electron chi connectivity index (χ1n) is 9.03. The lowest BCUT2D eigenvalue weighted by Gasteiger charge is -2.44. The molecule has 3 aliphatic carbocycles. The van der Waals surface area contributed by atoms with E-state index in [0.717, 1.165) is 22.0 Å². The standard InChI is InChI=1S/C19H24BrNO4S/c1-18(2)11-5-6-19(18,15(22)9-11)17(26(23,24)25)16-13-4-3-12(20)7-10(13)8-14(16)21/h3-4,7,11,14,16-17H,5-6,8-9,21H2,1-2H3,(H,23,24,25)/t11-,14+,16?,17?,19+/m1/s1. The van der Waals surface area contributed by atoms with E-state index < -0.39 is 38.2 Å². The molecule has 142 valence electrons. The third kappa shape index (κ3) is 2.26. The molecule has 3 N–H and O–H groups in total. The van der Waals surface area contributed by atoms with E-state index >= 15 is 0 Å². The minimum atomic E-state index is -4.48. The number of nitrogens with two attached hydrogens (primary N) is 1. The minimum absolute atomic E-state index is 0.0286. The zero-order valence-electron chi connectivity index (χ0n) is 14.9. The molecule has 7 heteroatoms. The van der Waals surface area contributed by atoms with Gasteiger partial charge in [0.15, 0.2) is 0 Å². The molecule has 5 nitrogen and oxygen atoms in total. The summed E-state index contributed by atoms with van der Waals surface area (Å²) in [6.45, 7) is 3.97. The van der Waals surface area contributed by atoms with Crippen molar-refractivity contribution in [2.24, 2.45) is 22.5 Å². The molecule has 0 saturated heterocycles. The first kappa shape index (κ1) is 18.6. The molecule has 5 atom stereocenters. The van der Waals surface area contributed by atoms with Gasteiger partial charge in [-0.05, 0) is 53.9 Å². The van der Waals surface area contributed by atoms with Gasteiger partial charge in [-0.2, -0.15) is 8.42 Å². The Bertz CT molecular complexity index is 897. The molecule has 1 aromatic carbocycles. The quantitative estimate of drug-likeness (QED) is 0.702. The molecule has 2 bridgehead atoms. The number of Topliss-reactive ketones (excluding diaryl/α,β-unsaturated/α-hetero) is 1. The van der Waals surface area contributed by atoms with E-state index in [1.165, 1.54) is 0 Å². The number of benzene rings is 1. The van der Waals surface area contributed by atoms with E-state index in [1.807, 2.05) is 32.0 Å². The fraction of sp³-hybridized carbons (Fsp3) is 0.632. The van der Waals surface area contributed by atoms with Gasteiger partial charge in [0.25, 0.3) is 10.1 Å². The largest absolute Gasteiger partial charge is 0.327 e. The van der Waals surface area contributed by atoms with Crippen molar-refractivity contribution in [3.63, 3.8) is 0 Å². The van der Waals surface area contributed by atoms with Crippen LogP contribution in [0.3, 0.4) is 0 Å². The summed E-state index contributed by atoms with van der Waals surface area (Å²) in [4.78, 5) is 13.1. The van der Waals surface area contributed by atoms with Gasteiger partial charge in [-0.3, -0.25) is 9.35 Å². The number of fused-ring (bicyclic) bond motifs is 3. The Morgan fingerprint density at radius 1 is 1.31 bits per heavy atom. The number of ketones is 1. The second-order valence-corrected chi connectivity index (χ2v) is 11.2. The smallest absolute Gasteiger partial charge is 0.269 e. The van der Waals surface area contributed by atoms with Crippen molar-refractivity contribution in [2.75, 3.05) is 0 Å². The number of rotatable bonds is 3. The predicted octanol–water partition coefficient (Wildman–Crippen LogP) is 3.07. The van der Waals surface area contributed by atoms with Crippen LogP contribution < -0.4 is 5.73 Å². The molecule has 2 fully saturated rings. The van der Waals surface area contributed by atoms with Crippen molar-refractivity contribution in [1.29, 1.82) is 0 Å². The second-order valence-electron chi connectivity index (χ2n) is 8.73.